The van der Waals surface area contributed by atoms with Crippen LogP contribution in [0.25, 0.3) is 0 Å². The minimum atomic E-state index is -0.250. The average molecular weight is 452 g/mol. The Bertz CT molecular complexity index is 717. The molecule has 5 nitrogen and oxygen atoms in total. The van der Waals surface area contributed by atoms with Crippen LogP contribution in [0.15, 0.2) is 48.5 Å². The van der Waals surface area contributed by atoms with Gasteiger partial charge in [0, 0.05) is 16.7 Å². The first-order valence-electron chi connectivity index (χ1n) is 8.05. The van der Waals surface area contributed by atoms with Crippen LogP contribution in [0.2, 0.25) is 0 Å². The molecule has 132 valence electrons. The minimum absolute atomic E-state index is 0.0494. The van der Waals surface area contributed by atoms with E-state index in [0.29, 0.717) is 25.3 Å². The number of nitrogens with one attached hydrogen (secondary N) is 2. The van der Waals surface area contributed by atoms with Gasteiger partial charge < -0.3 is 15.4 Å². The van der Waals surface area contributed by atoms with Crippen molar-refractivity contribution < 1.29 is 14.3 Å². The molecule has 0 saturated heterocycles. The molecule has 25 heavy (non-hydrogen) atoms. The van der Waals surface area contributed by atoms with Gasteiger partial charge in [-0.15, -0.1) is 0 Å². The molecule has 0 radical (unpaired) electrons. The maximum absolute atomic E-state index is 12.1. The number of hydrogen-bond acceptors (Lipinski definition) is 3. The third kappa shape index (κ3) is 6.47. The summed E-state index contributed by atoms with van der Waals surface area (Å²) in [4.78, 5) is 24.0. The highest BCUT2D eigenvalue weighted by molar-refractivity contribution is 14.1. The normalized spacial score (nSPS) is 10.3. The molecule has 0 heterocycles. The summed E-state index contributed by atoms with van der Waals surface area (Å²) in [5, 5.41) is 5.43. The van der Waals surface area contributed by atoms with Crippen molar-refractivity contribution in [3.8, 4) is 0 Å². The van der Waals surface area contributed by atoms with Crippen molar-refractivity contribution in [2.75, 3.05) is 13.2 Å². The highest BCUT2D eigenvalue weighted by Crippen LogP contribution is 2.10. The van der Waals surface area contributed by atoms with E-state index in [0.717, 1.165) is 14.7 Å². The van der Waals surface area contributed by atoms with E-state index in [-0.39, 0.29) is 18.4 Å². The lowest BCUT2D eigenvalue weighted by Crippen LogP contribution is -2.36. The standard InChI is InChI=1S/C19H21IN2O3/c1-2-25-13-15-9-7-14(8-10-15)11-21-18(23)12-22-19(24)16-5-3-4-6-17(16)20/h3-10H,2,11-13H2,1H3,(H,21,23)(H,22,24). The Labute approximate surface area is 161 Å². The van der Waals surface area contributed by atoms with Gasteiger partial charge in [-0.25, -0.2) is 0 Å². The van der Waals surface area contributed by atoms with Gasteiger partial charge in [0.25, 0.3) is 5.91 Å². The fourth-order valence-corrected chi connectivity index (χ4v) is 2.77. The topological polar surface area (TPSA) is 67.4 Å². The van der Waals surface area contributed by atoms with E-state index in [9.17, 15) is 9.59 Å². The quantitative estimate of drug-likeness (QED) is 0.606. The number of carbonyl (C=O) groups is 2. The summed E-state index contributed by atoms with van der Waals surface area (Å²) in [7, 11) is 0. The van der Waals surface area contributed by atoms with E-state index in [4.69, 9.17) is 4.74 Å². The van der Waals surface area contributed by atoms with Crippen molar-refractivity contribution in [3.05, 3.63) is 68.8 Å². The smallest absolute Gasteiger partial charge is 0.252 e. The number of hydrogen-bond donors (Lipinski definition) is 2. The van der Waals surface area contributed by atoms with Gasteiger partial charge in [-0.2, -0.15) is 0 Å². The average Bonchev–Trinajstić information content (AvgIpc) is 2.64. The fraction of sp³-hybridized carbons (Fsp3) is 0.263. The lowest BCUT2D eigenvalue weighted by Gasteiger charge is -2.09. The van der Waals surface area contributed by atoms with Gasteiger partial charge in [0.15, 0.2) is 0 Å². The molecule has 0 aliphatic rings. The summed E-state index contributed by atoms with van der Waals surface area (Å²) in [6.45, 7) is 3.61. The van der Waals surface area contributed by atoms with Crippen molar-refractivity contribution in [2.24, 2.45) is 0 Å². The molecule has 0 saturated carbocycles. The molecule has 0 atom stereocenters. The maximum atomic E-state index is 12.1. The third-order valence-electron chi connectivity index (χ3n) is 3.51. The molecular formula is C19H21IN2O3. The Balaban J connectivity index is 1.75. The largest absolute Gasteiger partial charge is 0.377 e. The van der Waals surface area contributed by atoms with Crippen molar-refractivity contribution in [2.45, 2.75) is 20.1 Å². The van der Waals surface area contributed by atoms with Crippen LogP contribution in [0.3, 0.4) is 0 Å². The van der Waals surface area contributed by atoms with Crippen molar-refractivity contribution in [1.29, 1.82) is 0 Å². The summed E-state index contributed by atoms with van der Waals surface area (Å²) in [6, 6.07) is 15.1. The number of carbonyl (C=O) groups excluding carboxylic acids is 2. The van der Waals surface area contributed by atoms with E-state index in [1.54, 1.807) is 12.1 Å². The Kier molecular flexibility index (Phi) is 7.87. The second-order valence-electron chi connectivity index (χ2n) is 5.39. The number of ether oxygens (including phenoxy) is 1. The molecule has 0 aliphatic heterocycles. The Morgan fingerprint density at radius 3 is 2.36 bits per heavy atom. The van der Waals surface area contributed by atoms with Gasteiger partial charge in [0.2, 0.25) is 5.91 Å². The van der Waals surface area contributed by atoms with Crippen LogP contribution >= 0.6 is 22.6 Å². The van der Waals surface area contributed by atoms with E-state index in [1.807, 2.05) is 43.3 Å². The molecule has 0 unspecified atom stereocenters. The zero-order valence-corrected chi connectivity index (χ0v) is 16.2. The Morgan fingerprint density at radius 1 is 1.00 bits per heavy atom. The predicted octanol–water partition coefficient (Wildman–Crippen LogP) is 2.87. The van der Waals surface area contributed by atoms with Gasteiger partial charge in [-0.3, -0.25) is 9.59 Å². The van der Waals surface area contributed by atoms with E-state index in [2.05, 4.69) is 33.2 Å². The summed E-state index contributed by atoms with van der Waals surface area (Å²) in [5.74, 6) is -0.474. The summed E-state index contributed by atoms with van der Waals surface area (Å²) >= 11 is 2.10. The van der Waals surface area contributed by atoms with Crippen molar-refractivity contribution in [3.63, 3.8) is 0 Å². The first-order chi connectivity index (χ1) is 12.1. The second kappa shape index (κ2) is 10.1. The van der Waals surface area contributed by atoms with Gasteiger partial charge in [-0.1, -0.05) is 36.4 Å². The minimum Gasteiger partial charge on any atom is -0.377 e. The van der Waals surface area contributed by atoms with Gasteiger partial charge in [0.05, 0.1) is 18.7 Å². The SMILES string of the molecule is CCOCc1ccc(CNC(=O)CNC(=O)c2ccccc2I)cc1. The van der Waals surface area contributed by atoms with Crippen LogP contribution in [0.4, 0.5) is 0 Å². The van der Waals surface area contributed by atoms with Crippen LogP contribution in [0.1, 0.15) is 28.4 Å². The lowest BCUT2D eigenvalue weighted by molar-refractivity contribution is -0.120. The summed E-state index contributed by atoms with van der Waals surface area (Å²) < 4.78 is 6.20. The van der Waals surface area contributed by atoms with Gasteiger partial charge >= 0.3 is 0 Å². The molecule has 2 N–H and O–H groups in total. The lowest BCUT2D eigenvalue weighted by atomic mass is 10.1. The van der Waals surface area contributed by atoms with Crippen molar-refractivity contribution >= 4 is 34.4 Å². The predicted molar refractivity (Wildman–Crippen MR) is 105 cm³/mol. The van der Waals surface area contributed by atoms with Gasteiger partial charge in [-0.05, 0) is 52.8 Å². The van der Waals surface area contributed by atoms with Crippen LogP contribution < -0.4 is 10.6 Å². The molecule has 0 aromatic heterocycles. The molecule has 0 bridgehead atoms. The zero-order valence-electron chi connectivity index (χ0n) is 14.0. The highest BCUT2D eigenvalue weighted by Gasteiger charge is 2.10. The van der Waals surface area contributed by atoms with E-state index >= 15 is 0 Å². The van der Waals surface area contributed by atoms with E-state index in [1.165, 1.54) is 0 Å². The van der Waals surface area contributed by atoms with Gasteiger partial charge in [0.1, 0.15) is 0 Å². The highest BCUT2D eigenvalue weighted by atomic mass is 127. The first kappa shape index (κ1) is 19.4. The van der Waals surface area contributed by atoms with Crippen LogP contribution in [0, 0.1) is 3.57 Å². The summed E-state index contributed by atoms with van der Waals surface area (Å²) in [5.41, 5.74) is 2.67. The zero-order chi connectivity index (χ0) is 18.1. The Morgan fingerprint density at radius 2 is 1.68 bits per heavy atom. The third-order valence-corrected chi connectivity index (χ3v) is 4.45. The molecular weight excluding hydrogens is 431 g/mol. The number of amides is 2. The number of benzene rings is 2. The fourth-order valence-electron chi connectivity index (χ4n) is 2.14. The molecule has 2 aromatic rings. The molecule has 0 fully saturated rings. The number of halogens is 1. The van der Waals surface area contributed by atoms with Crippen LogP contribution in [0.5, 0.6) is 0 Å². The molecule has 2 amide bonds. The van der Waals surface area contributed by atoms with Crippen molar-refractivity contribution in [1.82, 2.24) is 10.6 Å². The maximum Gasteiger partial charge on any atom is 0.252 e. The first-order valence-corrected chi connectivity index (χ1v) is 9.13. The Hall–Kier alpha value is -1.93. The molecule has 6 heteroatoms. The molecule has 2 aromatic carbocycles. The molecule has 2 rings (SSSR count). The summed E-state index contributed by atoms with van der Waals surface area (Å²) in [6.07, 6.45) is 0. The van der Waals surface area contributed by atoms with E-state index < -0.39 is 0 Å². The second-order valence-corrected chi connectivity index (χ2v) is 6.56. The molecule has 0 spiro atoms. The van der Waals surface area contributed by atoms with Crippen LogP contribution in [-0.4, -0.2) is 25.0 Å². The monoisotopic (exact) mass is 452 g/mol. The number of rotatable bonds is 8. The van der Waals surface area contributed by atoms with Crippen LogP contribution in [-0.2, 0) is 22.7 Å². The molecule has 0 aliphatic carbocycles.